The van der Waals surface area contributed by atoms with Gasteiger partial charge in [0.15, 0.2) is 0 Å². The Labute approximate surface area is 89.4 Å². The normalized spacial score (nSPS) is 20.7. The van der Waals surface area contributed by atoms with Gasteiger partial charge in [-0.25, -0.2) is 0 Å². The van der Waals surface area contributed by atoms with E-state index in [2.05, 4.69) is 6.08 Å². The molecule has 1 amide bonds. The van der Waals surface area contributed by atoms with Crippen LogP contribution in [0.1, 0.15) is 30.9 Å². The van der Waals surface area contributed by atoms with E-state index in [0.29, 0.717) is 6.54 Å². The number of hydrogen-bond acceptors (Lipinski definition) is 2. The molecule has 0 saturated heterocycles. The van der Waals surface area contributed by atoms with E-state index in [9.17, 15) is 4.79 Å². The van der Waals surface area contributed by atoms with Crippen LogP contribution < -0.4 is 0 Å². The minimum absolute atomic E-state index is 0.0706. The fraction of sp³-hybridized carbons (Fsp3) is 0.417. The summed E-state index contributed by atoms with van der Waals surface area (Å²) in [6, 6.07) is 3.96. The Morgan fingerprint density at radius 1 is 1.47 bits per heavy atom. The quantitative estimate of drug-likeness (QED) is 0.660. The molecule has 80 valence electrons. The SMILES string of the molecule is CC(=O)N1CC=CCC1c1ccc(C)o1. The predicted molar refractivity (Wildman–Crippen MR) is 57.3 cm³/mol. The summed E-state index contributed by atoms with van der Waals surface area (Å²) in [5, 5.41) is 0. The van der Waals surface area contributed by atoms with Gasteiger partial charge < -0.3 is 9.32 Å². The number of carbonyl (C=O) groups excluding carboxylic acids is 1. The maximum absolute atomic E-state index is 11.4. The Hall–Kier alpha value is -1.51. The summed E-state index contributed by atoms with van der Waals surface area (Å²) in [4.78, 5) is 13.3. The zero-order valence-electron chi connectivity index (χ0n) is 9.06. The second-order valence-electron chi connectivity index (χ2n) is 3.84. The third-order valence-electron chi connectivity index (χ3n) is 2.70. The van der Waals surface area contributed by atoms with Crippen LogP contribution in [0.5, 0.6) is 0 Å². The van der Waals surface area contributed by atoms with Gasteiger partial charge in [-0.05, 0) is 25.5 Å². The van der Waals surface area contributed by atoms with Gasteiger partial charge in [0.2, 0.25) is 5.91 Å². The van der Waals surface area contributed by atoms with Gasteiger partial charge >= 0.3 is 0 Å². The number of hydrogen-bond donors (Lipinski definition) is 0. The minimum Gasteiger partial charge on any atom is -0.464 e. The lowest BCUT2D eigenvalue weighted by atomic mass is 10.1. The standard InChI is InChI=1S/C12H15NO2/c1-9-6-7-12(15-9)11-5-3-4-8-13(11)10(2)14/h3-4,6-7,11H,5,8H2,1-2H3. The first-order chi connectivity index (χ1) is 7.18. The molecule has 1 aromatic rings. The van der Waals surface area contributed by atoms with Gasteiger partial charge in [-0.2, -0.15) is 0 Å². The van der Waals surface area contributed by atoms with Crippen LogP contribution in [0, 0.1) is 6.92 Å². The van der Waals surface area contributed by atoms with Crippen molar-refractivity contribution in [2.75, 3.05) is 6.54 Å². The molecule has 15 heavy (non-hydrogen) atoms. The van der Waals surface area contributed by atoms with Crippen molar-refractivity contribution in [1.29, 1.82) is 0 Å². The molecule has 0 saturated carbocycles. The molecule has 1 aliphatic rings. The van der Waals surface area contributed by atoms with Crippen LogP contribution in [0.25, 0.3) is 0 Å². The molecule has 1 unspecified atom stereocenters. The second-order valence-corrected chi connectivity index (χ2v) is 3.84. The van der Waals surface area contributed by atoms with Crippen LogP contribution >= 0.6 is 0 Å². The highest BCUT2D eigenvalue weighted by Crippen LogP contribution is 2.28. The van der Waals surface area contributed by atoms with E-state index in [1.165, 1.54) is 0 Å². The first kappa shape index (κ1) is 10.0. The summed E-state index contributed by atoms with van der Waals surface area (Å²) < 4.78 is 5.58. The Bertz CT molecular complexity index is 392. The molecule has 1 aliphatic heterocycles. The van der Waals surface area contributed by atoms with E-state index in [4.69, 9.17) is 4.42 Å². The molecule has 0 bridgehead atoms. The van der Waals surface area contributed by atoms with Crippen LogP contribution in [0.4, 0.5) is 0 Å². The van der Waals surface area contributed by atoms with Crippen LogP contribution in [-0.4, -0.2) is 17.4 Å². The van der Waals surface area contributed by atoms with Crippen molar-refractivity contribution in [3.05, 3.63) is 35.8 Å². The second kappa shape index (κ2) is 3.93. The summed E-state index contributed by atoms with van der Waals surface area (Å²) >= 11 is 0. The van der Waals surface area contributed by atoms with E-state index in [1.807, 2.05) is 30.0 Å². The Morgan fingerprint density at radius 3 is 2.87 bits per heavy atom. The molecule has 1 aromatic heterocycles. The fourth-order valence-electron chi connectivity index (χ4n) is 1.92. The molecule has 0 N–H and O–H groups in total. The number of rotatable bonds is 1. The maximum Gasteiger partial charge on any atom is 0.220 e. The molecule has 0 spiro atoms. The number of amides is 1. The van der Waals surface area contributed by atoms with Gasteiger partial charge in [-0.15, -0.1) is 0 Å². The van der Waals surface area contributed by atoms with Crippen LogP contribution in [0.15, 0.2) is 28.7 Å². The zero-order valence-corrected chi connectivity index (χ0v) is 9.06. The molecule has 0 aromatic carbocycles. The molecular weight excluding hydrogens is 190 g/mol. The Morgan fingerprint density at radius 2 is 2.27 bits per heavy atom. The van der Waals surface area contributed by atoms with Gasteiger partial charge in [0, 0.05) is 13.5 Å². The fourth-order valence-corrected chi connectivity index (χ4v) is 1.92. The molecule has 3 nitrogen and oxygen atoms in total. The van der Waals surface area contributed by atoms with Crippen LogP contribution in [-0.2, 0) is 4.79 Å². The topological polar surface area (TPSA) is 33.5 Å². The average Bonchev–Trinajstić information content (AvgIpc) is 2.65. The average molecular weight is 205 g/mol. The summed E-state index contributed by atoms with van der Waals surface area (Å²) in [6.45, 7) is 4.20. The Kier molecular flexibility index (Phi) is 2.62. The van der Waals surface area contributed by atoms with Gasteiger partial charge in [0.05, 0.1) is 6.04 Å². The van der Waals surface area contributed by atoms with Crippen LogP contribution in [0.3, 0.4) is 0 Å². The molecule has 0 radical (unpaired) electrons. The molecule has 0 aliphatic carbocycles. The lowest BCUT2D eigenvalue weighted by Crippen LogP contribution is -2.34. The molecule has 3 heteroatoms. The van der Waals surface area contributed by atoms with Gasteiger partial charge in [-0.3, -0.25) is 4.79 Å². The zero-order chi connectivity index (χ0) is 10.8. The van der Waals surface area contributed by atoms with E-state index in [1.54, 1.807) is 6.92 Å². The largest absolute Gasteiger partial charge is 0.464 e. The number of carbonyl (C=O) groups is 1. The summed E-state index contributed by atoms with van der Waals surface area (Å²) in [5.74, 6) is 1.87. The smallest absolute Gasteiger partial charge is 0.220 e. The van der Waals surface area contributed by atoms with Crippen molar-refractivity contribution >= 4 is 5.91 Å². The summed E-state index contributed by atoms with van der Waals surface area (Å²) in [5.41, 5.74) is 0. The number of aryl methyl sites for hydroxylation is 1. The molecule has 1 atom stereocenters. The monoisotopic (exact) mass is 205 g/mol. The highest BCUT2D eigenvalue weighted by molar-refractivity contribution is 5.74. The maximum atomic E-state index is 11.4. The van der Waals surface area contributed by atoms with E-state index in [-0.39, 0.29) is 11.9 Å². The summed E-state index contributed by atoms with van der Waals surface area (Å²) in [6.07, 6.45) is 4.96. The van der Waals surface area contributed by atoms with E-state index < -0.39 is 0 Å². The first-order valence-corrected chi connectivity index (χ1v) is 5.17. The molecule has 2 heterocycles. The molecule has 2 rings (SSSR count). The Balaban J connectivity index is 2.26. The van der Waals surface area contributed by atoms with Crippen molar-refractivity contribution < 1.29 is 9.21 Å². The third-order valence-corrected chi connectivity index (χ3v) is 2.70. The highest BCUT2D eigenvalue weighted by atomic mass is 16.3. The van der Waals surface area contributed by atoms with Crippen molar-refractivity contribution in [3.63, 3.8) is 0 Å². The van der Waals surface area contributed by atoms with Crippen molar-refractivity contribution in [2.24, 2.45) is 0 Å². The molecular formula is C12H15NO2. The van der Waals surface area contributed by atoms with E-state index >= 15 is 0 Å². The summed E-state index contributed by atoms with van der Waals surface area (Å²) in [7, 11) is 0. The predicted octanol–water partition coefficient (Wildman–Crippen LogP) is 2.44. The lowest BCUT2D eigenvalue weighted by molar-refractivity contribution is -0.131. The van der Waals surface area contributed by atoms with Crippen molar-refractivity contribution in [1.82, 2.24) is 4.90 Å². The minimum atomic E-state index is 0.0706. The lowest BCUT2D eigenvalue weighted by Gasteiger charge is -2.30. The van der Waals surface area contributed by atoms with Crippen LogP contribution in [0.2, 0.25) is 0 Å². The highest BCUT2D eigenvalue weighted by Gasteiger charge is 2.25. The first-order valence-electron chi connectivity index (χ1n) is 5.17. The van der Waals surface area contributed by atoms with Gasteiger partial charge in [-0.1, -0.05) is 12.2 Å². The number of nitrogens with zero attached hydrogens (tertiary/aromatic N) is 1. The number of furan rings is 1. The van der Waals surface area contributed by atoms with E-state index in [0.717, 1.165) is 17.9 Å². The molecule has 0 fully saturated rings. The third kappa shape index (κ3) is 1.96. The van der Waals surface area contributed by atoms with Crippen molar-refractivity contribution in [2.45, 2.75) is 26.3 Å². The van der Waals surface area contributed by atoms with Crippen molar-refractivity contribution in [3.8, 4) is 0 Å². The van der Waals surface area contributed by atoms with Gasteiger partial charge in [0.25, 0.3) is 0 Å². The van der Waals surface area contributed by atoms with Gasteiger partial charge in [0.1, 0.15) is 11.5 Å².